The largest absolute Gasteiger partial charge is 0.368 e. The number of unbranched alkanes of at least 4 members (excludes halogenated alkanes) is 1. The molecule has 5 heteroatoms. The summed E-state index contributed by atoms with van der Waals surface area (Å²) in [4.78, 5) is 30.2. The van der Waals surface area contributed by atoms with E-state index in [4.69, 9.17) is 0 Å². The van der Waals surface area contributed by atoms with Crippen molar-refractivity contribution in [2.24, 2.45) is 0 Å². The van der Waals surface area contributed by atoms with E-state index in [2.05, 4.69) is 43.9 Å². The third kappa shape index (κ3) is 4.97. The minimum atomic E-state index is -0.0178. The van der Waals surface area contributed by atoms with Gasteiger partial charge in [0.25, 0.3) is 0 Å². The van der Waals surface area contributed by atoms with E-state index in [-0.39, 0.29) is 18.4 Å². The van der Waals surface area contributed by atoms with Crippen LogP contribution < -0.4 is 4.90 Å². The third-order valence-electron chi connectivity index (χ3n) is 5.10. The van der Waals surface area contributed by atoms with Crippen LogP contribution in [0.25, 0.3) is 0 Å². The number of hydrogen-bond donors (Lipinski definition) is 0. The molecule has 1 aromatic carbocycles. The molecule has 25 heavy (non-hydrogen) atoms. The summed E-state index contributed by atoms with van der Waals surface area (Å²) in [7, 11) is 0. The minimum Gasteiger partial charge on any atom is -0.368 e. The molecule has 1 saturated heterocycles. The summed E-state index contributed by atoms with van der Waals surface area (Å²) < 4.78 is 0. The fourth-order valence-electron chi connectivity index (χ4n) is 3.24. The number of benzene rings is 1. The molecule has 0 radical (unpaired) electrons. The molecule has 0 unspecified atom stereocenters. The summed E-state index contributed by atoms with van der Waals surface area (Å²) in [6, 6.07) is 6.38. The second kappa shape index (κ2) is 8.88. The molecule has 0 N–H and O–H groups in total. The molecule has 1 heterocycles. The van der Waals surface area contributed by atoms with Gasteiger partial charge in [-0.05, 0) is 37.5 Å². The average molecular weight is 345 g/mol. The fraction of sp³-hybridized carbons (Fsp3) is 0.600. The Hall–Kier alpha value is -2.04. The second-order valence-corrected chi connectivity index (χ2v) is 6.88. The lowest BCUT2D eigenvalue weighted by Crippen LogP contribution is -2.52. The predicted octanol–water partition coefficient (Wildman–Crippen LogP) is 2.60. The number of piperazine rings is 1. The molecule has 1 aliphatic heterocycles. The van der Waals surface area contributed by atoms with Gasteiger partial charge in [-0.15, -0.1) is 0 Å². The van der Waals surface area contributed by atoms with E-state index in [0.29, 0.717) is 19.6 Å². The Morgan fingerprint density at radius 2 is 1.80 bits per heavy atom. The van der Waals surface area contributed by atoms with E-state index in [9.17, 15) is 9.59 Å². The minimum absolute atomic E-state index is 0.0178. The first-order valence-corrected chi connectivity index (χ1v) is 9.28. The van der Waals surface area contributed by atoms with Crippen LogP contribution >= 0.6 is 0 Å². The maximum atomic E-state index is 12.6. The molecule has 0 spiro atoms. The Kier molecular flexibility index (Phi) is 6.85. The van der Waals surface area contributed by atoms with Gasteiger partial charge in [0, 0.05) is 45.3 Å². The number of aryl methyl sites for hydroxylation is 1. The van der Waals surface area contributed by atoms with Gasteiger partial charge in [-0.2, -0.15) is 0 Å². The molecule has 1 aliphatic rings. The lowest BCUT2D eigenvalue weighted by Gasteiger charge is -2.37. The Morgan fingerprint density at radius 3 is 2.40 bits per heavy atom. The topological polar surface area (TPSA) is 43.9 Å². The molecule has 0 bridgehead atoms. The smallest absolute Gasteiger partial charge is 0.242 e. The molecule has 2 rings (SSSR count). The van der Waals surface area contributed by atoms with E-state index < -0.39 is 0 Å². The molecular formula is C20H31N3O2. The molecule has 2 amide bonds. The summed E-state index contributed by atoms with van der Waals surface area (Å²) >= 11 is 0. The van der Waals surface area contributed by atoms with Crippen LogP contribution in [0.15, 0.2) is 18.2 Å². The summed E-state index contributed by atoms with van der Waals surface area (Å²) in [6.45, 7) is 11.9. The first kappa shape index (κ1) is 19.3. The van der Waals surface area contributed by atoms with Crippen molar-refractivity contribution < 1.29 is 9.59 Å². The first-order valence-electron chi connectivity index (χ1n) is 9.28. The highest BCUT2D eigenvalue weighted by molar-refractivity contribution is 5.84. The Labute approximate surface area is 151 Å². The van der Waals surface area contributed by atoms with Crippen LogP contribution in [-0.2, 0) is 9.59 Å². The van der Waals surface area contributed by atoms with Crippen molar-refractivity contribution in [3.05, 3.63) is 29.3 Å². The van der Waals surface area contributed by atoms with Gasteiger partial charge in [-0.3, -0.25) is 9.59 Å². The van der Waals surface area contributed by atoms with Gasteiger partial charge < -0.3 is 14.7 Å². The number of carbonyl (C=O) groups excluding carboxylic acids is 2. The zero-order valence-corrected chi connectivity index (χ0v) is 16.0. The number of carbonyl (C=O) groups is 2. The molecule has 138 valence electrons. The Morgan fingerprint density at radius 1 is 1.12 bits per heavy atom. The van der Waals surface area contributed by atoms with Crippen molar-refractivity contribution in [1.29, 1.82) is 0 Å². The predicted molar refractivity (Wildman–Crippen MR) is 102 cm³/mol. The maximum absolute atomic E-state index is 12.6. The first-order chi connectivity index (χ1) is 11.9. The Bertz CT molecular complexity index is 607. The molecule has 5 nitrogen and oxygen atoms in total. The van der Waals surface area contributed by atoms with E-state index in [1.807, 2.05) is 4.90 Å². The van der Waals surface area contributed by atoms with Crippen LogP contribution in [-0.4, -0.2) is 60.9 Å². The van der Waals surface area contributed by atoms with Crippen LogP contribution in [0.1, 0.15) is 37.8 Å². The van der Waals surface area contributed by atoms with Crippen molar-refractivity contribution in [2.75, 3.05) is 44.2 Å². The maximum Gasteiger partial charge on any atom is 0.242 e. The lowest BCUT2D eigenvalue weighted by molar-refractivity contribution is -0.139. The molecule has 0 aliphatic carbocycles. The zero-order chi connectivity index (χ0) is 18.4. The summed E-state index contributed by atoms with van der Waals surface area (Å²) in [6.07, 6.45) is 1.96. The number of amides is 2. The molecule has 0 aromatic heterocycles. The molecule has 1 aromatic rings. The van der Waals surface area contributed by atoms with E-state index >= 15 is 0 Å². The van der Waals surface area contributed by atoms with Crippen molar-refractivity contribution >= 4 is 17.5 Å². The van der Waals surface area contributed by atoms with E-state index in [1.54, 1.807) is 11.8 Å². The van der Waals surface area contributed by atoms with Gasteiger partial charge in [0.1, 0.15) is 0 Å². The van der Waals surface area contributed by atoms with Crippen LogP contribution in [0.2, 0.25) is 0 Å². The highest BCUT2D eigenvalue weighted by atomic mass is 16.2. The van der Waals surface area contributed by atoms with Crippen molar-refractivity contribution in [3.8, 4) is 0 Å². The van der Waals surface area contributed by atoms with Crippen molar-refractivity contribution in [3.63, 3.8) is 0 Å². The standard InChI is InChI=1S/C20H31N3O2/c1-5-6-10-23(18(4)24)15-20(25)22-13-11-21(12-14-22)19-9-7-8-16(2)17(19)3/h7-9H,5-6,10-15H2,1-4H3. The fourth-order valence-corrected chi connectivity index (χ4v) is 3.24. The second-order valence-electron chi connectivity index (χ2n) is 6.88. The quantitative estimate of drug-likeness (QED) is 0.796. The monoisotopic (exact) mass is 345 g/mol. The van der Waals surface area contributed by atoms with Crippen LogP contribution in [0.4, 0.5) is 5.69 Å². The van der Waals surface area contributed by atoms with Crippen LogP contribution in [0.5, 0.6) is 0 Å². The normalized spacial score (nSPS) is 14.6. The van der Waals surface area contributed by atoms with Gasteiger partial charge in [-0.25, -0.2) is 0 Å². The average Bonchev–Trinajstić information content (AvgIpc) is 2.60. The van der Waals surface area contributed by atoms with Crippen LogP contribution in [0.3, 0.4) is 0 Å². The van der Waals surface area contributed by atoms with Gasteiger partial charge >= 0.3 is 0 Å². The van der Waals surface area contributed by atoms with Gasteiger partial charge in [0.05, 0.1) is 6.54 Å². The molecule has 1 fully saturated rings. The highest BCUT2D eigenvalue weighted by Gasteiger charge is 2.24. The van der Waals surface area contributed by atoms with Crippen molar-refractivity contribution in [2.45, 2.75) is 40.5 Å². The van der Waals surface area contributed by atoms with E-state index in [1.165, 1.54) is 16.8 Å². The Balaban J connectivity index is 1.91. The van der Waals surface area contributed by atoms with Gasteiger partial charge in [0.2, 0.25) is 11.8 Å². The van der Waals surface area contributed by atoms with Crippen molar-refractivity contribution in [1.82, 2.24) is 9.80 Å². The highest BCUT2D eigenvalue weighted by Crippen LogP contribution is 2.23. The summed E-state index contributed by atoms with van der Waals surface area (Å²) in [5, 5.41) is 0. The molecular weight excluding hydrogens is 314 g/mol. The number of rotatable bonds is 6. The van der Waals surface area contributed by atoms with Crippen LogP contribution in [0, 0.1) is 13.8 Å². The molecule has 0 saturated carbocycles. The summed E-state index contributed by atoms with van der Waals surface area (Å²) in [5.74, 6) is 0.0442. The van der Waals surface area contributed by atoms with Gasteiger partial charge in [-0.1, -0.05) is 25.5 Å². The van der Waals surface area contributed by atoms with Gasteiger partial charge in [0.15, 0.2) is 0 Å². The lowest BCUT2D eigenvalue weighted by atomic mass is 10.1. The zero-order valence-electron chi connectivity index (χ0n) is 16.0. The third-order valence-corrected chi connectivity index (χ3v) is 5.10. The SMILES string of the molecule is CCCCN(CC(=O)N1CCN(c2cccc(C)c2C)CC1)C(C)=O. The number of anilines is 1. The number of nitrogens with zero attached hydrogens (tertiary/aromatic N) is 3. The van der Waals surface area contributed by atoms with E-state index in [0.717, 1.165) is 25.9 Å². The number of hydrogen-bond acceptors (Lipinski definition) is 3. The summed E-state index contributed by atoms with van der Waals surface area (Å²) in [5.41, 5.74) is 3.87. The molecule has 0 atom stereocenters.